The van der Waals surface area contributed by atoms with Gasteiger partial charge in [-0.25, -0.2) is 5.84 Å². The molecule has 1 spiro atoms. The number of rotatable bonds is 3. The van der Waals surface area contributed by atoms with Gasteiger partial charge in [0.1, 0.15) is 11.9 Å². The molecule has 1 saturated carbocycles. The van der Waals surface area contributed by atoms with Crippen molar-refractivity contribution in [2.45, 2.75) is 49.0 Å². The third kappa shape index (κ3) is 2.21. The van der Waals surface area contributed by atoms with Gasteiger partial charge in [0, 0.05) is 42.2 Å². The fourth-order valence-electron chi connectivity index (χ4n) is 7.36. The van der Waals surface area contributed by atoms with Crippen molar-refractivity contribution < 1.29 is 19.7 Å². The van der Waals surface area contributed by atoms with E-state index in [-0.39, 0.29) is 6.04 Å². The average molecular weight is 493 g/mol. The number of hydrogen-bond donors (Lipinski definition) is 4. The van der Waals surface area contributed by atoms with Crippen LogP contribution in [0.25, 0.3) is 0 Å². The Morgan fingerprint density at radius 1 is 1.42 bits per heavy atom. The van der Waals surface area contributed by atoms with Crippen LogP contribution in [0.3, 0.4) is 0 Å². The van der Waals surface area contributed by atoms with Gasteiger partial charge in [-0.05, 0) is 46.9 Å². The number of aliphatic hydroxyl groups excluding tert-OH is 1. The number of anilines is 1. The van der Waals surface area contributed by atoms with Crippen LogP contribution in [0.1, 0.15) is 25.3 Å². The molecule has 168 valence electrons. The molecule has 1 saturated heterocycles. The number of fused-ring (bicyclic) bond motifs is 1. The molecule has 31 heavy (non-hydrogen) atoms. The molecule has 3 heterocycles. The summed E-state index contributed by atoms with van der Waals surface area (Å²) in [5.74, 6) is 5.47. The lowest BCUT2D eigenvalue weighted by Gasteiger charge is -2.63. The van der Waals surface area contributed by atoms with E-state index in [1.54, 1.807) is 7.11 Å². The van der Waals surface area contributed by atoms with Crippen molar-refractivity contribution in [3.05, 3.63) is 34.3 Å². The molecule has 2 fully saturated rings. The Hall–Kier alpha value is -1.65. The molecule has 1 amide bonds. The van der Waals surface area contributed by atoms with Gasteiger partial charge in [-0.3, -0.25) is 15.1 Å². The van der Waals surface area contributed by atoms with Crippen molar-refractivity contribution in [2.75, 3.05) is 32.1 Å². The molecule has 0 aromatic heterocycles. The van der Waals surface area contributed by atoms with Crippen LogP contribution in [-0.2, 0) is 10.2 Å². The highest BCUT2D eigenvalue weighted by molar-refractivity contribution is 9.10. The Labute approximate surface area is 190 Å². The zero-order valence-electron chi connectivity index (χ0n) is 17.9. The van der Waals surface area contributed by atoms with Gasteiger partial charge in [-0.1, -0.05) is 19.1 Å². The number of aliphatic hydroxyl groups is 2. The summed E-state index contributed by atoms with van der Waals surface area (Å²) in [6, 6.07) is 3.25. The zero-order chi connectivity index (χ0) is 22.3. The molecule has 4 aliphatic rings. The first-order chi connectivity index (χ1) is 14.7. The maximum Gasteiger partial charge on any atom is 0.270 e. The number of hydrogen-bond acceptors (Lipinski definition) is 7. The molecule has 0 unspecified atom stereocenters. The molecular weight excluding hydrogens is 464 g/mol. The number of nitrogens with one attached hydrogen (secondary N) is 1. The molecule has 5 rings (SSSR count). The molecule has 0 radical (unpaired) electrons. The number of nitrogens with zero attached hydrogens (tertiary/aromatic N) is 2. The molecular formula is C22H29BrN4O4. The fourth-order valence-corrected chi connectivity index (χ4v) is 7.86. The van der Waals surface area contributed by atoms with Gasteiger partial charge in [-0.15, -0.1) is 0 Å². The molecule has 6 atom stereocenters. The summed E-state index contributed by atoms with van der Waals surface area (Å²) in [5.41, 5.74) is 0.631. The summed E-state index contributed by atoms with van der Waals surface area (Å²) in [6.45, 7) is 3.61. The van der Waals surface area contributed by atoms with E-state index in [0.29, 0.717) is 12.2 Å². The molecule has 1 aromatic carbocycles. The maximum absolute atomic E-state index is 13.2. The van der Waals surface area contributed by atoms with Crippen LogP contribution in [0.4, 0.5) is 5.69 Å². The van der Waals surface area contributed by atoms with Crippen molar-refractivity contribution in [2.24, 2.45) is 11.3 Å². The third-order valence-electron chi connectivity index (χ3n) is 8.42. The maximum atomic E-state index is 13.2. The Balaban J connectivity index is 1.87. The first kappa shape index (κ1) is 21.2. The standard InChI is InChI=1S/C22H29BrN4O4/c1-4-20-6-5-8-27-9-7-21(16(20)27)12-10-13(23)15(31-3)11-14(12)26(2)17(21)22(30,18(20)28)19(29)25-24/h5-6,10-11,16-18,28,30H,4,7-9,24H2,1-3H3,(H,25,29)/t16-,17+,18-,20+,21+,22+/m1/s1. The fraction of sp³-hybridized carbons (Fsp3) is 0.591. The predicted molar refractivity (Wildman–Crippen MR) is 120 cm³/mol. The Kier molecular flexibility index (Phi) is 4.57. The van der Waals surface area contributed by atoms with Crippen molar-refractivity contribution in [1.29, 1.82) is 0 Å². The van der Waals surface area contributed by atoms with Crippen LogP contribution in [0.5, 0.6) is 5.75 Å². The minimum absolute atomic E-state index is 0.0650. The van der Waals surface area contributed by atoms with E-state index in [1.807, 2.05) is 37.1 Å². The first-order valence-corrected chi connectivity index (χ1v) is 11.5. The van der Waals surface area contributed by atoms with Gasteiger partial charge in [-0.2, -0.15) is 0 Å². The van der Waals surface area contributed by atoms with E-state index in [0.717, 1.165) is 35.2 Å². The van der Waals surface area contributed by atoms with E-state index in [1.165, 1.54) is 0 Å². The van der Waals surface area contributed by atoms with Gasteiger partial charge < -0.3 is 19.8 Å². The van der Waals surface area contributed by atoms with E-state index in [2.05, 4.69) is 32.3 Å². The van der Waals surface area contributed by atoms with E-state index in [4.69, 9.17) is 10.6 Å². The van der Waals surface area contributed by atoms with Gasteiger partial charge >= 0.3 is 0 Å². The van der Waals surface area contributed by atoms with E-state index >= 15 is 0 Å². The molecule has 9 heteroatoms. The molecule has 3 aliphatic heterocycles. The van der Waals surface area contributed by atoms with Gasteiger partial charge in [0.05, 0.1) is 17.6 Å². The van der Waals surface area contributed by atoms with Crippen LogP contribution in [0.2, 0.25) is 0 Å². The average Bonchev–Trinajstić information content (AvgIpc) is 3.28. The van der Waals surface area contributed by atoms with E-state index < -0.39 is 34.5 Å². The number of hydrazine groups is 1. The van der Waals surface area contributed by atoms with Crippen molar-refractivity contribution in [3.8, 4) is 5.75 Å². The summed E-state index contributed by atoms with van der Waals surface area (Å²) in [6.07, 6.45) is 4.09. The number of amides is 1. The SMILES string of the molecule is CC[C@@]12C=CCN3CC[C@]4(c5cc(Br)c(OC)cc5N(C)[C@@H]4[C@@](O)(C(=O)NN)[C@@H]1O)[C@H]32. The quantitative estimate of drug-likeness (QED) is 0.212. The minimum atomic E-state index is -2.10. The number of halogens is 1. The number of likely N-dealkylation sites (N-methyl/N-ethyl adjacent to an activating group) is 1. The largest absolute Gasteiger partial charge is 0.495 e. The lowest BCUT2D eigenvalue weighted by Crippen LogP contribution is -2.82. The highest BCUT2D eigenvalue weighted by atomic mass is 79.9. The van der Waals surface area contributed by atoms with Crippen LogP contribution >= 0.6 is 15.9 Å². The van der Waals surface area contributed by atoms with Crippen molar-refractivity contribution in [3.63, 3.8) is 0 Å². The summed E-state index contributed by atoms with van der Waals surface area (Å²) >= 11 is 3.63. The Morgan fingerprint density at radius 2 is 2.16 bits per heavy atom. The van der Waals surface area contributed by atoms with Gasteiger partial charge in [0.2, 0.25) is 0 Å². The van der Waals surface area contributed by atoms with Gasteiger partial charge in [0.25, 0.3) is 5.91 Å². The second kappa shape index (κ2) is 6.68. The normalized spacial score (nSPS) is 40.4. The molecule has 1 aromatic rings. The molecule has 5 N–H and O–H groups in total. The number of methoxy groups -OCH3 is 1. The Bertz CT molecular complexity index is 989. The zero-order valence-corrected chi connectivity index (χ0v) is 19.5. The predicted octanol–water partition coefficient (Wildman–Crippen LogP) is 0.650. The monoisotopic (exact) mass is 492 g/mol. The van der Waals surface area contributed by atoms with Crippen LogP contribution in [-0.4, -0.2) is 72.1 Å². The van der Waals surface area contributed by atoms with Crippen molar-refractivity contribution >= 4 is 27.5 Å². The number of nitrogens with two attached hydrogens (primary N) is 1. The number of benzene rings is 1. The summed E-state index contributed by atoms with van der Waals surface area (Å²) in [4.78, 5) is 17.5. The van der Waals surface area contributed by atoms with Crippen molar-refractivity contribution in [1.82, 2.24) is 10.3 Å². The number of ether oxygens (including phenoxy) is 1. The smallest absolute Gasteiger partial charge is 0.270 e. The van der Waals surface area contributed by atoms with Crippen LogP contribution in [0.15, 0.2) is 28.8 Å². The van der Waals surface area contributed by atoms with Crippen LogP contribution < -0.4 is 20.9 Å². The third-order valence-corrected chi connectivity index (χ3v) is 9.04. The van der Waals surface area contributed by atoms with E-state index in [9.17, 15) is 15.0 Å². The Morgan fingerprint density at radius 3 is 2.81 bits per heavy atom. The van der Waals surface area contributed by atoms with Gasteiger partial charge in [0.15, 0.2) is 5.60 Å². The molecule has 1 aliphatic carbocycles. The highest BCUT2D eigenvalue weighted by Crippen LogP contribution is 2.67. The molecule has 0 bridgehead atoms. The number of carbonyl (C=O) groups excluding carboxylic acids is 1. The van der Waals surface area contributed by atoms with Crippen LogP contribution in [0, 0.1) is 5.41 Å². The molecule has 8 nitrogen and oxygen atoms in total. The summed E-state index contributed by atoms with van der Waals surface area (Å²) < 4.78 is 6.35. The minimum Gasteiger partial charge on any atom is -0.495 e. The highest BCUT2D eigenvalue weighted by Gasteiger charge is 2.78. The first-order valence-electron chi connectivity index (χ1n) is 10.7. The lowest BCUT2D eigenvalue weighted by molar-refractivity contribution is -0.203. The second-order valence-corrected chi connectivity index (χ2v) is 10.1. The lowest BCUT2D eigenvalue weighted by atomic mass is 9.47. The summed E-state index contributed by atoms with van der Waals surface area (Å²) in [5, 5.41) is 23.8. The topological polar surface area (TPSA) is 111 Å². The number of carbonyl (C=O) groups is 1. The summed E-state index contributed by atoms with van der Waals surface area (Å²) in [7, 11) is 3.48. The second-order valence-electron chi connectivity index (χ2n) is 9.27.